The third kappa shape index (κ3) is 3.80. The van der Waals surface area contributed by atoms with Crippen LogP contribution in [0.25, 0.3) is 0 Å². The molecule has 15 heavy (non-hydrogen) atoms. The van der Waals surface area contributed by atoms with Crippen LogP contribution in [0.5, 0.6) is 0 Å². The summed E-state index contributed by atoms with van der Waals surface area (Å²) in [7, 11) is 0. The number of halogens is 1. The molecule has 0 fully saturated rings. The summed E-state index contributed by atoms with van der Waals surface area (Å²) in [4.78, 5) is 11.4. The van der Waals surface area contributed by atoms with Crippen molar-refractivity contribution in [2.45, 2.75) is 20.3 Å². The fourth-order valence-corrected chi connectivity index (χ4v) is 1.34. The Morgan fingerprint density at radius 2 is 2.20 bits per heavy atom. The van der Waals surface area contributed by atoms with Crippen LogP contribution in [-0.4, -0.2) is 19.0 Å². The monoisotopic (exact) mass is 210 g/mol. The number of Topliss-reactive ketones (excluding diaryl/α,β-unsaturated/α-hetero) is 1. The van der Waals surface area contributed by atoms with Crippen molar-refractivity contribution in [1.82, 2.24) is 0 Å². The minimum absolute atomic E-state index is 0.0200. The molecular formula is C12H15FO2. The van der Waals surface area contributed by atoms with Crippen LogP contribution < -0.4 is 0 Å². The number of ketones is 1. The van der Waals surface area contributed by atoms with Crippen LogP contribution in [-0.2, 0) is 16.0 Å². The van der Waals surface area contributed by atoms with E-state index >= 15 is 0 Å². The standard InChI is InChI=1S/C12H15FO2/c1-3-15-8-12(14)7-10-4-5-11(13)6-9(10)2/h4-6H,3,7-8H2,1-2H3. The topological polar surface area (TPSA) is 26.3 Å². The van der Waals surface area contributed by atoms with Crippen molar-refractivity contribution in [2.24, 2.45) is 0 Å². The van der Waals surface area contributed by atoms with Crippen molar-refractivity contribution >= 4 is 5.78 Å². The van der Waals surface area contributed by atoms with Crippen LogP contribution in [0, 0.1) is 12.7 Å². The Hall–Kier alpha value is -1.22. The Bertz CT molecular complexity index is 347. The summed E-state index contributed by atoms with van der Waals surface area (Å²) in [6, 6.07) is 4.45. The molecule has 0 N–H and O–H groups in total. The molecule has 1 aromatic rings. The number of hydrogen-bond donors (Lipinski definition) is 0. The van der Waals surface area contributed by atoms with Gasteiger partial charge in [-0.3, -0.25) is 4.79 Å². The van der Waals surface area contributed by atoms with E-state index in [-0.39, 0.29) is 18.2 Å². The largest absolute Gasteiger partial charge is 0.374 e. The van der Waals surface area contributed by atoms with E-state index in [0.29, 0.717) is 13.0 Å². The fourth-order valence-electron chi connectivity index (χ4n) is 1.34. The van der Waals surface area contributed by atoms with E-state index < -0.39 is 0 Å². The molecule has 0 unspecified atom stereocenters. The molecule has 0 amide bonds. The van der Waals surface area contributed by atoms with Gasteiger partial charge in [-0.25, -0.2) is 4.39 Å². The zero-order valence-electron chi connectivity index (χ0n) is 9.05. The smallest absolute Gasteiger partial charge is 0.162 e. The van der Waals surface area contributed by atoms with Gasteiger partial charge >= 0.3 is 0 Å². The van der Waals surface area contributed by atoms with Crippen molar-refractivity contribution in [3.8, 4) is 0 Å². The van der Waals surface area contributed by atoms with Crippen LogP contribution >= 0.6 is 0 Å². The number of ether oxygens (including phenoxy) is 1. The quantitative estimate of drug-likeness (QED) is 0.745. The van der Waals surface area contributed by atoms with Gasteiger partial charge in [0.25, 0.3) is 0 Å². The lowest BCUT2D eigenvalue weighted by Crippen LogP contribution is -2.12. The average Bonchev–Trinajstić information content (AvgIpc) is 2.19. The summed E-state index contributed by atoms with van der Waals surface area (Å²) in [5.74, 6) is -0.250. The molecule has 0 atom stereocenters. The zero-order valence-corrected chi connectivity index (χ0v) is 9.05. The molecule has 0 aliphatic heterocycles. The maximum Gasteiger partial charge on any atom is 0.162 e. The second-order valence-corrected chi connectivity index (χ2v) is 3.42. The van der Waals surface area contributed by atoms with Crippen LogP contribution in [0.2, 0.25) is 0 Å². The summed E-state index contributed by atoms with van der Waals surface area (Å²) < 4.78 is 17.8. The van der Waals surface area contributed by atoms with E-state index in [1.807, 2.05) is 6.92 Å². The van der Waals surface area contributed by atoms with Gasteiger partial charge in [-0.15, -0.1) is 0 Å². The predicted molar refractivity (Wildman–Crippen MR) is 56.3 cm³/mol. The Kier molecular flexibility index (Phi) is 4.43. The minimum atomic E-state index is -0.270. The molecule has 0 bridgehead atoms. The first kappa shape index (κ1) is 11.9. The highest BCUT2D eigenvalue weighted by Crippen LogP contribution is 2.11. The zero-order chi connectivity index (χ0) is 11.3. The highest BCUT2D eigenvalue weighted by Gasteiger charge is 2.06. The second-order valence-electron chi connectivity index (χ2n) is 3.42. The third-order valence-corrected chi connectivity index (χ3v) is 2.16. The van der Waals surface area contributed by atoms with Gasteiger partial charge in [0.1, 0.15) is 12.4 Å². The Morgan fingerprint density at radius 3 is 2.80 bits per heavy atom. The highest BCUT2D eigenvalue weighted by atomic mass is 19.1. The van der Waals surface area contributed by atoms with Gasteiger partial charge in [-0.2, -0.15) is 0 Å². The maximum absolute atomic E-state index is 12.8. The summed E-state index contributed by atoms with van der Waals surface area (Å²) in [6.07, 6.45) is 0.312. The third-order valence-electron chi connectivity index (χ3n) is 2.16. The van der Waals surface area contributed by atoms with Gasteiger partial charge in [-0.1, -0.05) is 6.07 Å². The van der Waals surface area contributed by atoms with Gasteiger partial charge in [0.15, 0.2) is 5.78 Å². The predicted octanol–water partition coefficient (Wildman–Crippen LogP) is 2.28. The van der Waals surface area contributed by atoms with Crippen LogP contribution in [0.15, 0.2) is 18.2 Å². The van der Waals surface area contributed by atoms with Crippen molar-refractivity contribution in [2.75, 3.05) is 13.2 Å². The molecule has 82 valence electrons. The molecule has 0 radical (unpaired) electrons. The van der Waals surface area contributed by atoms with E-state index in [2.05, 4.69) is 0 Å². The Morgan fingerprint density at radius 1 is 1.47 bits per heavy atom. The van der Waals surface area contributed by atoms with Gasteiger partial charge in [-0.05, 0) is 37.1 Å². The van der Waals surface area contributed by atoms with Crippen LogP contribution in [0.3, 0.4) is 0 Å². The first-order valence-corrected chi connectivity index (χ1v) is 4.98. The maximum atomic E-state index is 12.8. The second kappa shape index (κ2) is 5.61. The molecule has 1 aromatic carbocycles. The molecule has 0 aliphatic carbocycles. The molecular weight excluding hydrogens is 195 g/mol. The normalized spacial score (nSPS) is 10.3. The minimum Gasteiger partial charge on any atom is -0.374 e. The number of rotatable bonds is 5. The first-order chi connectivity index (χ1) is 7.13. The van der Waals surface area contributed by atoms with E-state index in [0.717, 1.165) is 11.1 Å². The molecule has 0 heterocycles. The average molecular weight is 210 g/mol. The summed E-state index contributed by atoms with van der Waals surface area (Å²) in [5.41, 5.74) is 1.67. The summed E-state index contributed by atoms with van der Waals surface area (Å²) in [5, 5.41) is 0. The lowest BCUT2D eigenvalue weighted by atomic mass is 10.0. The van der Waals surface area contributed by atoms with Crippen molar-refractivity contribution < 1.29 is 13.9 Å². The Labute approximate surface area is 89.1 Å². The van der Waals surface area contributed by atoms with Gasteiger partial charge in [0.2, 0.25) is 0 Å². The molecule has 0 aromatic heterocycles. The number of carbonyl (C=O) groups is 1. The van der Waals surface area contributed by atoms with E-state index in [9.17, 15) is 9.18 Å². The van der Waals surface area contributed by atoms with Gasteiger partial charge in [0.05, 0.1) is 0 Å². The van der Waals surface area contributed by atoms with Crippen molar-refractivity contribution in [3.05, 3.63) is 35.1 Å². The van der Waals surface area contributed by atoms with Crippen molar-refractivity contribution in [1.29, 1.82) is 0 Å². The molecule has 1 rings (SSSR count). The van der Waals surface area contributed by atoms with E-state index in [1.165, 1.54) is 12.1 Å². The number of benzene rings is 1. The molecule has 3 heteroatoms. The molecule has 0 spiro atoms. The van der Waals surface area contributed by atoms with E-state index in [4.69, 9.17) is 4.74 Å². The van der Waals surface area contributed by atoms with E-state index in [1.54, 1.807) is 13.0 Å². The molecule has 0 saturated heterocycles. The highest BCUT2D eigenvalue weighted by molar-refractivity contribution is 5.82. The SMILES string of the molecule is CCOCC(=O)Cc1ccc(F)cc1C. The number of hydrogen-bond acceptors (Lipinski definition) is 2. The number of aryl methyl sites for hydroxylation is 1. The molecule has 0 saturated carbocycles. The van der Waals surface area contributed by atoms with Crippen LogP contribution in [0.4, 0.5) is 4.39 Å². The first-order valence-electron chi connectivity index (χ1n) is 4.98. The molecule has 0 aliphatic rings. The van der Waals surface area contributed by atoms with Crippen LogP contribution in [0.1, 0.15) is 18.1 Å². The van der Waals surface area contributed by atoms with Gasteiger partial charge in [0, 0.05) is 13.0 Å². The summed E-state index contributed by atoms with van der Waals surface area (Å²) >= 11 is 0. The summed E-state index contributed by atoms with van der Waals surface area (Å²) in [6.45, 7) is 4.31. The lowest BCUT2D eigenvalue weighted by molar-refractivity contribution is -0.122. The van der Waals surface area contributed by atoms with Gasteiger partial charge < -0.3 is 4.74 Å². The van der Waals surface area contributed by atoms with Crippen molar-refractivity contribution in [3.63, 3.8) is 0 Å². The number of carbonyl (C=O) groups excluding carboxylic acids is 1. The fraction of sp³-hybridized carbons (Fsp3) is 0.417. The Balaban J connectivity index is 2.60. The lowest BCUT2D eigenvalue weighted by Gasteiger charge is -2.05. The molecule has 2 nitrogen and oxygen atoms in total.